The number of rotatable bonds is 2. The van der Waals surface area contributed by atoms with Crippen molar-refractivity contribution < 1.29 is 4.39 Å². The molecule has 0 amide bonds. The molecule has 4 nitrogen and oxygen atoms in total. The molecule has 0 fully saturated rings. The lowest BCUT2D eigenvalue weighted by Crippen LogP contribution is -2.23. The Bertz CT molecular complexity index is 1030. The first kappa shape index (κ1) is 16.4. The van der Waals surface area contributed by atoms with Gasteiger partial charge in [0.05, 0.1) is 11.9 Å². The average molecular weight is 402 g/mol. The van der Waals surface area contributed by atoms with Crippen LogP contribution in [0, 0.1) is 11.7 Å². The van der Waals surface area contributed by atoms with Crippen molar-refractivity contribution in [2.45, 2.75) is 32.7 Å². The Morgan fingerprint density at radius 3 is 3.00 bits per heavy atom. The minimum absolute atomic E-state index is 0.147. The number of benzene rings is 1. The zero-order chi connectivity index (χ0) is 17.6. The summed E-state index contributed by atoms with van der Waals surface area (Å²) in [6, 6.07) is 6.76. The van der Waals surface area contributed by atoms with Crippen molar-refractivity contribution in [3.8, 4) is 0 Å². The molecule has 0 spiro atoms. The topological polar surface area (TPSA) is 47.8 Å². The van der Waals surface area contributed by atoms with Gasteiger partial charge >= 0.3 is 0 Å². The number of hydrogen-bond acceptors (Lipinski definition) is 3. The number of pyridine rings is 1. The molecule has 2 aromatic heterocycles. The monoisotopic (exact) mass is 401 g/mol. The predicted molar refractivity (Wildman–Crippen MR) is 98.2 cm³/mol. The summed E-state index contributed by atoms with van der Waals surface area (Å²) in [4.78, 5) is 21.7. The normalized spacial score (nSPS) is 16.8. The number of halogens is 2. The number of hydrogen-bond donors (Lipinski definition) is 0. The van der Waals surface area contributed by atoms with Crippen LogP contribution in [0.15, 0.2) is 39.9 Å². The third-order valence-electron chi connectivity index (χ3n) is 4.78. The molecule has 2 heterocycles. The van der Waals surface area contributed by atoms with E-state index in [-0.39, 0.29) is 17.9 Å². The van der Waals surface area contributed by atoms with Gasteiger partial charge in [-0.1, -0.05) is 28.9 Å². The summed E-state index contributed by atoms with van der Waals surface area (Å²) in [5.41, 5.74) is 2.93. The molecule has 0 radical (unpaired) electrons. The smallest absolute Gasteiger partial charge is 0.263 e. The Morgan fingerprint density at radius 2 is 2.20 bits per heavy atom. The molecule has 1 atom stereocenters. The van der Waals surface area contributed by atoms with E-state index in [9.17, 15) is 9.18 Å². The molecular weight excluding hydrogens is 385 g/mol. The van der Waals surface area contributed by atoms with Crippen molar-refractivity contribution in [1.82, 2.24) is 14.5 Å². The average Bonchev–Trinajstić information content (AvgIpc) is 2.58. The fourth-order valence-electron chi connectivity index (χ4n) is 3.37. The lowest BCUT2D eigenvalue weighted by Gasteiger charge is -2.20. The Kier molecular flexibility index (Phi) is 4.15. The Morgan fingerprint density at radius 1 is 1.36 bits per heavy atom. The van der Waals surface area contributed by atoms with E-state index in [4.69, 9.17) is 0 Å². The highest BCUT2D eigenvalue weighted by Gasteiger charge is 2.19. The maximum absolute atomic E-state index is 14.1. The molecule has 0 bridgehead atoms. The van der Waals surface area contributed by atoms with Crippen molar-refractivity contribution in [2.75, 3.05) is 0 Å². The van der Waals surface area contributed by atoms with Gasteiger partial charge in [0, 0.05) is 15.7 Å². The van der Waals surface area contributed by atoms with Crippen LogP contribution < -0.4 is 5.56 Å². The molecule has 0 aliphatic heterocycles. The quantitative estimate of drug-likeness (QED) is 0.654. The van der Waals surface area contributed by atoms with Crippen LogP contribution in [0.2, 0.25) is 0 Å². The van der Waals surface area contributed by atoms with Crippen molar-refractivity contribution >= 4 is 27.0 Å². The van der Waals surface area contributed by atoms with Crippen LogP contribution in [0.1, 0.15) is 30.2 Å². The summed E-state index contributed by atoms with van der Waals surface area (Å²) in [6.07, 6.45) is 4.44. The van der Waals surface area contributed by atoms with Crippen LogP contribution in [-0.2, 0) is 19.4 Å². The molecule has 1 aliphatic rings. The van der Waals surface area contributed by atoms with Crippen molar-refractivity contribution in [1.29, 1.82) is 0 Å². The molecule has 0 saturated heterocycles. The third kappa shape index (κ3) is 3.11. The van der Waals surface area contributed by atoms with E-state index in [2.05, 4.69) is 32.8 Å². The minimum Gasteiger partial charge on any atom is -0.294 e. The van der Waals surface area contributed by atoms with Crippen molar-refractivity contribution in [2.24, 2.45) is 5.92 Å². The predicted octanol–water partition coefficient (Wildman–Crippen LogP) is 3.87. The highest BCUT2D eigenvalue weighted by molar-refractivity contribution is 9.10. The fourth-order valence-corrected chi connectivity index (χ4v) is 3.70. The second kappa shape index (κ2) is 6.33. The zero-order valence-corrected chi connectivity index (χ0v) is 15.4. The van der Waals surface area contributed by atoms with Crippen molar-refractivity contribution in [3.05, 3.63) is 68.1 Å². The van der Waals surface area contributed by atoms with Gasteiger partial charge in [0.15, 0.2) is 5.65 Å². The zero-order valence-electron chi connectivity index (χ0n) is 13.8. The summed E-state index contributed by atoms with van der Waals surface area (Å²) >= 11 is 3.24. The lowest BCUT2D eigenvalue weighted by atomic mass is 9.87. The third-order valence-corrected chi connectivity index (χ3v) is 5.27. The van der Waals surface area contributed by atoms with E-state index < -0.39 is 0 Å². The number of nitrogens with zero attached hydrogens (tertiary/aromatic N) is 3. The summed E-state index contributed by atoms with van der Waals surface area (Å²) < 4.78 is 16.2. The van der Waals surface area contributed by atoms with Crippen LogP contribution in [0.5, 0.6) is 0 Å². The molecule has 3 aromatic rings. The van der Waals surface area contributed by atoms with Gasteiger partial charge in [-0.25, -0.2) is 14.4 Å². The molecule has 128 valence electrons. The molecule has 6 heteroatoms. The van der Waals surface area contributed by atoms with Crippen LogP contribution in [0.4, 0.5) is 4.39 Å². The van der Waals surface area contributed by atoms with Crippen LogP contribution in [0.3, 0.4) is 0 Å². The Hall–Kier alpha value is -2.08. The molecule has 0 N–H and O–H groups in total. The van der Waals surface area contributed by atoms with Gasteiger partial charge in [-0.05, 0) is 48.9 Å². The van der Waals surface area contributed by atoms with E-state index in [0.29, 0.717) is 27.0 Å². The molecular formula is C19H17BrFN3O. The van der Waals surface area contributed by atoms with Gasteiger partial charge in [-0.15, -0.1) is 0 Å². The van der Waals surface area contributed by atoms with Gasteiger partial charge in [0.1, 0.15) is 12.1 Å². The van der Waals surface area contributed by atoms with E-state index in [1.54, 1.807) is 12.1 Å². The van der Waals surface area contributed by atoms with E-state index >= 15 is 0 Å². The second-order valence-electron chi connectivity index (χ2n) is 6.73. The highest BCUT2D eigenvalue weighted by atomic mass is 79.9. The molecule has 4 rings (SSSR count). The number of aromatic nitrogens is 3. The number of fused-ring (bicyclic) bond motifs is 2. The van der Waals surface area contributed by atoms with E-state index in [1.165, 1.54) is 17.0 Å². The van der Waals surface area contributed by atoms with E-state index in [0.717, 1.165) is 30.5 Å². The Labute approximate surface area is 152 Å². The van der Waals surface area contributed by atoms with Crippen LogP contribution in [-0.4, -0.2) is 14.5 Å². The molecule has 1 aromatic carbocycles. The maximum Gasteiger partial charge on any atom is 0.263 e. The minimum atomic E-state index is -0.348. The van der Waals surface area contributed by atoms with Gasteiger partial charge in [-0.3, -0.25) is 9.36 Å². The Balaban J connectivity index is 1.78. The van der Waals surface area contributed by atoms with Gasteiger partial charge in [-0.2, -0.15) is 0 Å². The second-order valence-corrected chi connectivity index (χ2v) is 7.64. The van der Waals surface area contributed by atoms with Gasteiger partial charge in [0.2, 0.25) is 0 Å². The van der Waals surface area contributed by atoms with Crippen LogP contribution in [0.25, 0.3) is 11.0 Å². The summed E-state index contributed by atoms with van der Waals surface area (Å²) in [7, 11) is 0. The molecule has 25 heavy (non-hydrogen) atoms. The maximum atomic E-state index is 14.1. The van der Waals surface area contributed by atoms with Crippen molar-refractivity contribution in [3.63, 3.8) is 0 Å². The summed E-state index contributed by atoms with van der Waals surface area (Å²) in [5, 5.41) is 0.507. The van der Waals surface area contributed by atoms with Gasteiger partial charge < -0.3 is 0 Å². The summed E-state index contributed by atoms with van der Waals surface area (Å²) in [5.74, 6) is 0.251. The highest BCUT2D eigenvalue weighted by Crippen LogP contribution is 2.25. The summed E-state index contributed by atoms with van der Waals surface area (Å²) in [6.45, 7) is 2.36. The number of aryl methyl sites for hydroxylation is 1. The SMILES string of the molecule is C[C@@H]1CCc2nc3ncn(Cc4ccc(Br)cc4F)c(=O)c3cc2C1. The van der Waals surface area contributed by atoms with Crippen LogP contribution >= 0.6 is 15.9 Å². The molecule has 1 aliphatic carbocycles. The molecule has 0 unspecified atom stereocenters. The first-order valence-corrected chi connectivity index (χ1v) is 9.12. The first-order valence-electron chi connectivity index (χ1n) is 8.33. The van der Waals surface area contributed by atoms with Gasteiger partial charge in [0.25, 0.3) is 5.56 Å². The first-order chi connectivity index (χ1) is 12.0. The fraction of sp³-hybridized carbons (Fsp3) is 0.316. The standard InChI is InChI=1S/C19H17BrFN3O/c1-11-2-5-17-13(6-11)7-15-18(23-17)22-10-24(19(15)25)9-12-3-4-14(20)8-16(12)21/h3-4,7-8,10-11H,2,5-6,9H2,1H3/t11-/m1/s1. The molecule has 0 saturated carbocycles. The largest absolute Gasteiger partial charge is 0.294 e. The lowest BCUT2D eigenvalue weighted by molar-refractivity contribution is 0.495. The van der Waals surface area contributed by atoms with E-state index in [1.807, 2.05) is 6.07 Å².